The van der Waals surface area contributed by atoms with Crippen molar-refractivity contribution in [2.24, 2.45) is 11.7 Å². The number of hydrazine groups is 1. The van der Waals surface area contributed by atoms with E-state index in [1.165, 1.54) is 12.8 Å². The molecule has 0 aromatic heterocycles. The van der Waals surface area contributed by atoms with E-state index in [2.05, 4.69) is 5.43 Å². The van der Waals surface area contributed by atoms with E-state index in [0.29, 0.717) is 25.6 Å². The van der Waals surface area contributed by atoms with Gasteiger partial charge in [-0.25, -0.2) is 5.01 Å². The van der Waals surface area contributed by atoms with Crippen LogP contribution in [0.5, 0.6) is 0 Å². The van der Waals surface area contributed by atoms with Gasteiger partial charge in [0, 0.05) is 25.6 Å². The van der Waals surface area contributed by atoms with Crippen molar-refractivity contribution in [3.8, 4) is 0 Å². The molecule has 2 fully saturated rings. The second-order valence-electron chi connectivity index (χ2n) is 4.34. The lowest BCUT2D eigenvalue weighted by atomic mass is 10.1. The van der Waals surface area contributed by atoms with Crippen molar-refractivity contribution in [1.29, 1.82) is 0 Å². The fraction of sp³-hybridized carbons (Fsp3) is 0.900. The van der Waals surface area contributed by atoms with E-state index < -0.39 is 0 Å². The molecule has 5 nitrogen and oxygen atoms in total. The molecule has 0 aromatic carbocycles. The van der Waals surface area contributed by atoms with E-state index in [9.17, 15) is 4.79 Å². The Balaban J connectivity index is 1.66. The summed E-state index contributed by atoms with van der Waals surface area (Å²) in [4.78, 5) is 11.6. The zero-order valence-corrected chi connectivity index (χ0v) is 8.95. The molecule has 0 spiro atoms. The molecule has 1 aliphatic carbocycles. The molecule has 0 radical (unpaired) electrons. The number of morpholine rings is 1. The summed E-state index contributed by atoms with van der Waals surface area (Å²) in [5.41, 5.74) is 8.75. The second kappa shape index (κ2) is 4.92. The highest BCUT2D eigenvalue weighted by atomic mass is 16.5. The number of carbonyl (C=O) groups excluding carboxylic acids is 1. The van der Waals surface area contributed by atoms with E-state index in [4.69, 9.17) is 10.5 Å². The molecular formula is C10H19N3O2. The smallest absolute Gasteiger partial charge is 0.235 e. The Bertz CT molecular complexity index is 225. The molecule has 1 aliphatic heterocycles. The van der Waals surface area contributed by atoms with Gasteiger partial charge in [0.15, 0.2) is 0 Å². The highest BCUT2D eigenvalue weighted by Crippen LogP contribution is 2.32. The number of nitrogens with two attached hydrogens (primary N) is 1. The molecule has 1 unspecified atom stereocenters. The summed E-state index contributed by atoms with van der Waals surface area (Å²) in [6.45, 7) is 2.92. The Morgan fingerprint density at radius 2 is 2.13 bits per heavy atom. The van der Waals surface area contributed by atoms with E-state index in [-0.39, 0.29) is 11.9 Å². The van der Waals surface area contributed by atoms with Crippen LogP contribution in [0.2, 0.25) is 0 Å². The van der Waals surface area contributed by atoms with Crippen molar-refractivity contribution in [3.63, 3.8) is 0 Å². The number of rotatable bonds is 4. The lowest BCUT2D eigenvalue weighted by molar-refractivity contribution is -0.128. The Morgan fingerprint density at radius 3 is 2.73 bits per heavy atom. The molecule has 1 heterocycles. The summed E-state index contributed by atoms with van der Waals surface area (Å²) in [5.74, 6) is 0.622. The van der Waals surface area contributed by atoms with Gasteiger partial charge in [0.25, 0.3) is 0 Å². The third-order valence-corrected chi connectivity index (χ3v) is 2.94. The number of ether oxygens (including phenoxy) is 1. The number of carbonyl (C=O) groups is 1. The van der Waals surface area contributed by atoms with Crippen molar-refractivity contribution >= 4 is 5.91 Å². The zero-order chi connectivity index (χ0) is 10.7. The van der Waals surface area contributed by atoms with Gasteiger partial charge in [-0.1, -0.05) is 0 Å². The van der Waals surface area contributed by atoms with E-state index in [1.807, 2.05) is 5.01 Å². The molecule has 0 bridgehead atoms. The minimum Gasteiger partial charge on any atom is -0.379 e. The van der Waals surface area contributed by atoms with Gasteiger partial charge in [-0.15, -0.1) is 0 Å². The van der Waals surface area contributed by atoms with E-state index in [1.54, 1.807) is 0 Å². The van der Waals surface area contributed by atoms with Crippen molar-refractivity contribution in [3.05, 3.63) is 0 Å². The predicted octanol–water partition coefficient (Wildman–Crippen LogP) is -0.523. The number of nitrogens with zero attached hydrogens (tertiary/aromatic N) is 1. The van der Waals surface area contributed by atoms with Crippen LogP contribution in [0.4, 0.5) is 0 Å². The van der Waals surface area contributed by atoms with Crippen LogP contribution < -0.4 is 11.2 Å². The van der Waals surface area contributed by atoms with Crippen LogP contribution in [0.25, 0.3) is 0 Å². The zero-order valence-electron chi connectivity index (χ0n) is 8.95. The minimum absolute atomic E-state index is 0.0382. The van der Waals surface area contributed by atoms with Gasteiger partial charge >= 0.3 is 0 Å². The van der Waals surface area contributed by atoms with Gasteiger partial charge in [0.05, 0.1) is 13.2 Å². The fourth-order valence-electron chi connectivity index (χ4n) is 1.80. The van der Waals surface area contributed by atoms with E-state index >= 15 is 0 Å². The third kappa shape index (κ3) is 3.44. The normalized spacial score (nSPS) is 24.9. The molecule has 1 amide bonds. The summed E-state index contributed by atoms with van der Waals surface area (Å²) in [7, 11) is 0. The molecule has 1 atom stereocenters. The van der Waals surface area contributed by atoms with Crippen molar-refractivity contribution in [2.45, 2.75) is 25.3 Å². The monoisotopic (exact) mass is 213 g/mol. The van der Waals surface area contributed by atoms with Gasteiger partial charge in [0.1, 0.15) is 0 Å². The lowest BCUT2D eigenvalue weighted by Crippen LogP contribution is -2.49. The van der Waals surface area contributed by atoms with Crippen molar-refractivity contribution in [1.82, 2.24) is 10.4 Å². The van der Waals surface area contributed by atoms with Gasteiger partial charge in [-0.3, -0.25) is 10.2 Å². The van der Waals surface area contributed by atoms with Gasteiger partial charge < -0.3 is 10.5 Å². The summed E-state index contributed by atoms with van der Waals surface area (Å²) >= 11 is 0. The quantitative estimate of drug-likeness (QED) is 0.659. The maximum atomic E-state index is 11.6. The second-order valence-corrected chi connectivity index (χ2v) is 4.34. The Labute approximate surface area is 89.9 Å². The molecule has 3 N–H and O–H groups in total. The topological polar surface area (TPSA) is 67.6 Å². The number of amides is 1. The summed E-state index contributed by atoms with van der Waals surface area (Å²) < 4.78 is 5.19. The summed E-state index contributed by atoms with van der Waals surface area (Å²) in [6.07, 6.45) is 2.82. The molecule has 0 aromatic rings. The maximum absolute atomic E-state index is 11.6. The first kappa shape index (κ1) is 10.9. The summed E-state index contributed by atoms with van der Waals surface area (Å²) in [5, 5.41) is 1.91. The predicted molar refractivity (Wildman–Crippen MR) is 55.9 cm³/mol. The van der Waals surface area contributed by atoms with Crippen LogP contribution >= 0.6 is 0 Å². The fourth-order valence-corrected chi connectivity index (χ4v) is 1.80. The van der Waals surface area contributed by atoms with Crippen LogP contribution in [0.15, 0.2) is 0 Å². The van der Waals surface area contributed by atoms with E-state index in [0.717, 1.165) is 13.1 Å². The largest absolute Gasteiger partial charge is 0.379 e. The Kier molecular flexibility index (Phi) is 3.56. The number of hydrogen-bond acceptors (Lipinski definition) is 4. The van der Waals surface area contributed by atoms with Gasteiger partial charge in [0.2, 0.25) is 5.91 Å². The molecular weight excluding hydrogens is 194 g/mol. The minimum atomic E-state index is 0.0382. The average Bonchev–Trinajstić information content (AvgIpc) is 3.01. The van der Waals surface area contributed by atoms with Crippen molar-refractivity contribution < 1.29 is 9.53 Å². The third-order valence-electron chi connectivity index (χ3n) is 2.94. The molecule has 86 valence electrons. The lowest BCUT2D eigenvalue weighted by Gasteiger charge is -2.27. The van der Waals surface area contributed by atoms with Crippen molar-refractivity contribution in [2.75, 3.05) is 26.3 Å². The molecule has 15 heavy (non-hydrogen) atoms. The molecule has 1 saturated heterocycles. The summed E-state index contributed by atoms with van der Waals surface area (Å²) in [6, 6.07) is 0.0473. The average molecular weight is 213 g/mol. The van der Waals surface area contributed by atoms with Crippen LogP contribution in [0.3, 0.4) is 0 Å². The van der Waals surface area contributed by atoms with Gasteiger partial charge in [-0.05, 0) is 18.8 Å². The Hall–Kier alpha value is -0.650. The van der Waals surface area contributed by atoms with Crippen LogP contribution in [-0.4, -0.2) is 43.3 Å². The van der Waals surface area contributed by atoms with Crippen LogP contribution in [0.1, 0.15) is 19.3 Å². The molecule has 2 rings (SSSR count). The number of hydrogen-bond donors (Lipinski definition) is 2. The number of nitrogens with one attached hydrogen (secondary N) is 1. The standard InChI is InChI=1S/C10H19N3O2/c11-9(8-1-2-8)7-10(14)12-13-3-5-15-6-4-13/h8-9H,1-7,11H2,(H,12,14). The Morgan fingerprint density at radius 1 is 1.47 bits per heavy atom. The van der Waals surface area contributed by atoms with Gasteiger partial charge in [-0.2, -0.15) is 0 Å². The molecule has 2 aliphatic rings. The first-order valence-electron chi connectivity index (χ1n) is 5.63. The highest BCUT2D eigenvalue weighted by molar-refractivity contribution is 5.76. The molecule has 5 heteroatoms. The SMILES string of the molecule is NC(CC(=O)NN1CCOCC1)C1CC1. The van der Waals surface area contributed by atoms with Crippen LogP contribution in [-0.2, 0) is 9.53 Å². The maximum Gasteiger partial charge on any atom is 0.235 e. The van der Waals surface area contributed by atoms with Crippen LogP contribution in [0, 0.1) is 5.92 Å². The highest BCUT2D eigenvalue weighted by Gasteiger charge is 2.30. The first-order chi connectivity index (χ1) is 7.25. The first-order valence-corrected chi connectivity index (χ1v) is 5.63. The molecule has 1 saturated carbocycles.